The highest BCUT2D eigenvalue weighted by Gasteiger charge is 2.03. The van der Waals surface area contributed by atoms with Crippen LogP contribution >= 0.6 is 0 Å². The van der Waals surface area contributed by atoms with Crippen LogP contribution in [0, 0.1) is 0 Å². The molecule has 0 spiro atoms. The number of nitrogens with one attached hydrogen (secondary N) is 1. The summed E-state index contributed by atoms with van der Waals surface area (Å²) in [6.45, 7) is 4.30. The maximum absolute atomic E-state index is 10.4. The van der Waals surface area contributed by atoms with Crippen molar-refractivity contribution in [2.24, 2.45) is 0 Å². The number of aromatic nitrogens is 1. The largest absolute Gasteiger partial charge is 0.478 e. The van der Waals surface area contributed by atoms with Gasteiger partial charge in [0.2, 0.25) is 0 Å². The molecule has 17 heavy (non-hydrogen) atoms. The van der Waals surface area contributed by atoms with E-state index in [9.17, 15) is 4.79 Å². The summed E-state index contributed by atoms with van der Waals surface area (Å²) in [6, 6.07) is 8.21. The van der Waals surface area contributed by atoms with E-state index < -0.39 is 5.97 Å². The number of rotatable bonds is 3. The van der Waals surface area contributed by atoms with Gasteiger partial charge in [0.15, 0.2) is 0 Å². The Balaban J connectivity index is 2.40. The highest BCUT2D eigenvalue weighted by Crippen LogP contribution is 2.22. The van der Waals surface area contributed by atoms with Gasteiger partial charge in [-0.15, -0.1) is 0 Å². The molecular formula is C14H15NO2. The number of aliphatic carboxylic acids is 1. The lowest BCUT2D eigenvalue weighted by Gasteiger charge is -2.03. The predicted octanol–water partition coefficient (Wildman–Crippen LogP) is 3.39. The van der Waals surface area contributed by atoms with E-state index in [0.717, 1.165) is 22.7 Å². The van der Waals surface area contributed by atoms with Crippen molar-refractivity contribution >= 4 is 22.9 Å². The van der Waals surface area contributed by atoms with Crippen LogP contribution in [0.1, 0.15) is 31.0 Å². The van der Waals surface area contributed by atoms with E-state index in [-0.39, 0.29) is 0 Å². The van der Waals surface area contributed by atoms with Gasteiger partial charge in [0.25, 0.3) is 0 Å². The molecule has 0 amide bonds. The highest BCUT2D eigenvalue weighted by molar-refractivity contribution is 5.88. The second-order valence-electron chi connectivity index (χ2n) is 4.40. The molecule has 0 saturated heterocycles. The Bertz CT molecular complexity index is 579. The molecule has 1 heterocycles. The summed E-state index contributed by atoms with van der Waals surface area (Å²) in [5.41, 5.74) is 3.12. The minimum atomic E-state index is -0.938. The Labute approximate surface area is 99.8 Å². The predicted molar refractivity (Wildman–Crippen MR) is 69.1 cm³/mol. The van der Waals surface area contributed by atoms with E-state index >= 15 is 0 Å². The van der Waals surface area contributed by atoms with Gasteiger partial charge in [-0.3, -0.25) is 0 Å². The number of fused-ring (bicyclic) bond motifs is 1. The standard InChI is InChI=1S/C14H15NO2/c1-9(2)10-3-5-13-11(7-10)8-12(15-13)4-6-14(16)17/h3-9,15H,1-2H3,(H,16,17)/b6-4+. The van der Waals surface area contributed by atoms with Gasteiger partial charge in [-0.25, -0.2) is 4.79 Å². The maximum Gasteiger partial charge on any atom is 0.328 e. The Morgan fingerprint density at radius 2 is 2.12 bits per heavy atom. The van der Waals surface area contributed by atoms with Gasteiger partial charge in [-0.2, -0.15) is 0 Å². The quantitative estimate of drug-likeness (QED) is 0.792. The molecule has 0 bridgehead atoms. The summed E-state index contributed by atoms with van der Waals surface area (Å²) >= 11 is 0. The normalized spacial score (nSPS) is 11.7. The van der Waals surface area contributed by atoms with E-state index in [1.54, 1.807) is 6.08 Å². The lowest BCUT2D eigenvalue weighted by molar-refractivity contribution is -0.131. The second kappa shape index (κ2) is 4.45. The number of carbonyl (C=O) groups is 1. The number of benzene rings is 1. The smallest absolute Gasteiger partial charge is 0.328 e. The highest BCUT2D eigenvalue weighted by atomic mass is 16.4. The summed E-state index contributed by atoms with van der Waals surface area (Å²) in [7, 11) is 0. The van der Waals surface area contributed by atoms with Crippen molar-refractivity contribution in [2.45, 2.75) is 19.8 Å². The average molecular weight is 229 g/mol. The fraction of sp³-hybridized carbons (Fsp3) is 0.214. The minimum absolute atomic E-state index is 0.493. The summed E-state index contributed by atoms with van der Waals surface area (Å²) < 4.78 is 0. The molecule has 1 aromatic carbocycles. The molecule has 0 aliphatic rings. The van der Waals surface area contributed by atoms with Gasteiger partial charge in [-0.1, -0.05) is 19.9 Å². The van der Waals surface area contributed by atoms with Crippen LogP contribution in [0.4, 0.5) is 0 Å². The van der Waals surface area contributed by atoms with Gasteiger partial charge in [-0.05, 0) is 35.8 Å². The van der Waals surface area contributed by atoms with Gasteiger partial charge >= 0.3 is 5.97 Å². The molecule has 0 radical (unpaired) electrons. The third kappa shape index (κ3) is 2.56. The molecule has 2 aromatic rings. The molecule has 1 aromatic heterocycles. The molecule has 0 aliphatic heterocycles. The summed E-state index contributed by atoms with van der Waals surface area (Å²) in [4.78, 5) is 13.6. The molecular weight excluding hydrogens is 214 g/mol. The number of hydrogen-bond donors (Lipinski definition) is 2. The molecule has 0 saturated carbocycles. The van der Waals surface area contributed by atoms with Gasteiger partial charge in [0.05, 0.1) is 0 Å². The van der Waals surface area contributed by atoms with Gasteiger partial charge in [0, 0.05) is 22.7 Å². The molecule has 0 aliphatic carbocycles. The lowest BCUT2D eigenvalue weighted by Crippen LogP contribution is -1.85. The van der Waals surface area contributed by atoms with Crippen molar-refractivity contribution in [1.82, 2.24) is 4.98 Å². The number of H-pyrrole nitrogens is 1. The zero-order chi connectivity index (χ0) is 12.4. The van der Waals surface area contributed by atoms with Crippen molar-refractivity contribution in [1.29, 1.82) is 0 Å². The molecule has 0 unspecified atom stereocenters. The van der Waals surface area contributed by atoms with Crippen molar-refractivity contribution in [2.75, 3.05) is 0 Å². The summed E-state index contributed by atoms with van der Waals surface area (Å²) in [5.74, 6) is -0.446. The molecule has 0 fully saturated rings. The zero-order valence-corrected chi connectivity index (χ0v) is 9.90. The first-order valence-electron chi connectivity index (χ1n) is 5.60. The van der Waals surface area contributed by atoms with Crippen LogP contribution in [0.3, 0.4) is 0 Å². The number of carboxylic acid groups (broad SMARTS) is 1. The van der Waals surface area contributed by atoms with Gasteiger partial charge in [0.1, 0.15) is 0 Å². The van der Waals surface area contributed by atoms with E-state index in [2.05, 4.69) is 31.0 Å². The second-order valence-corrected chi connectivity index (χ2v) is 4.40. The molecule has 2 rings (SSSR count). The van der Waals surface area contributed by atoms with E-state index in [1.807, 2.05) is 12.1 Å². The average Bonchev–Trinajstić information content (AvgIpc) is 2.67. The van der Waals surface area contributed by atoms with Crippen molar-refractivity contribution < 1.29 is 9.90 Å². The lowest BCUT2D eigenvalue weighted by atomic mass is 10.0. The topological polar surface area (TPSA) is 53.1 Å². The summed E-state index contributed by atoms with van der Waals surface area (Å²) in [6.07, 6.45) is 2.70. The summed E-state index contributed by atoms with van der Waals surface area (Å²) in [5, 5.41) is 9.68. The third-order valence-corrected chi connectivity index (χ3v) is 2.74. The number of aromatic amines is 1. The first kappa shape index (κ1) is 11.5. The van der Waals surface area contributed by atoms with Gasteiger partial charge < -0.3 is 10.1 Å². The monoisotopic (exact) mass is 229 g/mol. The van der Waals surface area contributed by atoms with Crippen molar-refractivity contribution in [3.63, 3.8) is 0 Å². The maximum atomic E-state index is 10.4. The number of carboxylic acids is 1. The number of hydrogen-bond acceptors (Lipinski definition) is 1. The fourth-order valence-electron chi connectivity index (χ4n) is 1.78. The molecule has 3 nitrogen and oxygen atoms in total. The van der Waals surface area contributed by atoms with E-state index in [4.69, 9.17) is 5.11 Å². The Hall–Kier alpha value is -2.03. The van der Waals surface area contributed by atoms with Crippen molar-refractivity contribution in [3.05, 3.63) is 41.6 Å². The van der Waals surface area contributed by atoms with Crippen LogP contribution in [0.25, 0.3) is 17.0 Å². The molecule has 2 N–H and O–H groups in total. The van der Waals surface area contributed by atoms with Crippen LogP contribution < -0.4 is 0 Å². The van der Waals surface area contributed by atoms with E-state index in [0.29, 0.717) is 5.92 Å². The minimum Gasteiger partial charge on any atom is -0.478 e. The molecule has 0 atom stereocenters. The zero-order valence-electron chi connectivity index (χ0n) is 9.90. The van der Waals surface area contributed by atoms with Crippen LogP contribution in [0.5, 0.6) is 0 Å². The Morgan fingerprint density at radius 1 is 1.35 bits per heavy atom. The molecule has 88 valence electrons. The first-order valence-corrected chi connectivity index (χ1v) is 5.60. The fourth-order valence-corrected chi connectivity index (χ4v) is 1.78. The first-order chi connectivity index (χ1) is 8.06. The van der Waals surface area contributed by atoms with Crippen LogP contribution in [-0.4, -0.2) is 16.1 Å². The van der Waals surface area contributed by atoms with Crippen LogP contribution in [-0.2, 0) is 4.79 Å². The Kier molecular flexibility index (Phi) is 3.00. The van der Waals surface area contributed by atoms with Crippen molar-refractivity contribution in [3.8, 4) is 0 Å². The molecule has 3 heteroatoms. The van der Waals surface area contributed by atoms with E-state index in [1.165, 1.54) is 5.56 Å². The van der Waals surface area contributed by atoms with Crippen LogP contribution in [0.15, 0.2) is 30.3 Å². The Morgan fingerprint density at radius 3 is 2.76 bits per heavy atom. The third-order valence-electron chi connectivity index (χ3n) is 2.74. The van der Waals surface area contributed by atoms with Crippen LogP contribution in [0.2, 0.25) is 0 Å². The SMILES string of the molecule is CC(C)c1ccc2[nH]c(/C=C/C(=O)O)cc2c1.